The highest BCUT2D eigenvalue weighted by Gasteiger charge is 2.17. The van der Waals surface area contributed by atoms with Gasteiger partial charge in [-0.3, -0.25) is 4.79 Å². The third-order valence-corrected chi connectivity index (χ3v) is 2.62. The Morgan fingerprint density at radius 3 is 2.71 bits per heavy atom. The van der Waals surface area contributed by atoms with Crippen molar-refractivity contribution < 1.29 is 9.90 Å². The number of aryl methyl sites for hydroxylation is 1. The van der Waals surface area contributed by atoms with E-state index >= 15 is 0 Å². The Labute approximate surface area is 101 Å². The van der Waals surface area contributed by atoms with Crippen molar-refractivity contribution in [1.29, 1.82) is 0 Å². The quantitative estimate of drug-likeness (QED) is 0.791. The Bertz CT molecular complexity index is 380. The van der Waals surface area contributed by atoms with Crippen molar-refractivity contribution in [1.82, 2.24) is 9.97 Å². The van der Waals surface area contributed by atoms with Crippen molar-refractivity contribution in [3.8, 4) is 0 Å². The lowest BCUT2D eigenvalue weighted by Gasteiger charge is -2.21. The summed E-state index contributed by atoms with van der Waals surface area (Å²) in [6.07, 6.45) is 2.42. The molecular weight excluding hydrogens is 218 g/mol. The molecule has 1 aromatic heterocycles. The van der Waals surface area contributed by atoms with Gasteiger partial charge in [-0.1, -0.05) is 20.8 Å². The zero-order chi connectivity index (χ0) is 12.8. The van der Waals surface area contributed by atoms with E-state index in [1.54, 1.807) is 0 Å². The summed E-state index contributed by atoms with van der Waals surface area (Å²) in [5.74, 6) is 0.115. The Balaban J connectivity index is 2.74. The van der Waals surface area contributed by atoms with Crippen molar-refractivity contribution in [2.45, 2.75) is 39.7 Å². The van der Waals surface area contributed by atoms with Gasteiger partial charge in [0.25, 0.3) is 0 Å². The van der Waals surface area contributed by atoms with Crippen molar-refractivity contribution >= 4 is 11.8 Å². The Hall–Kier alpha value is -1.65. The topological polar surface area (TPSA) is 75.1 Å². The third-order valence-electron chi connectivity index (χ3n) is 2.62. The number of carboxylic acid groups (broad SMARTS) is 1. The molecule has 0 fully saturated rings. The first-order valence-corrected chi connectivity index (χ1v) is 5.82. The number of nitrogens with zero attached hydrogens (tertiary/aromatic N) is 2. The second kappa shape index (κ2) is 6.18. The normalized spacial score (nSPS) is 12.5. The van der Waals surface area contributed by atoms with Crippen LogP contribution in [0, 0.1) is 5.92 Å². The van der Waals surface area contributed by atoms with Gasteiger partial charge in [-0.15, -0.1) is 0 Å². The zero-order valence-electron chi connectivity index (χ0n) is 10.5. The molecule has 1 unspecified atom stereocenters. The van der Waals surface area contributed by atoms with E-state index in [4.69, 9.17) is 5.11 Å². The molecule has 0 aromatic carbocycles. The van der Waals surface area contributed by atoms with E-state index in [-0.39, 0.29) is 18.4 Å². The monoisotopic (exact) mass is 237 g/mol. The van der Waals surface area contributed by atoms with Gasteiger partial charge in [0.1, 0.15) is 12.1 Å². The summed E-state index contributed by atoms with van der Waals surface area (Å²) in [7, 11) is 0. The molecule has 0 radical (unpaired) electrons. The van der Waals surface area contributed by atoms with Crippen LogP contribution in [0.5, 0.6) is 0 Å². The summed E-state index contributed by atoms with van der Waals surface area (Å²) in [5.41, 5.74) is 0.945. The van der Waals surface area contributed by atoms with E-state index in [1.807, 2.05) is 26.8 Å². The minimum absolute atomic E-state index is 0.0864. The second-order valence-corrected chi connectivity index (χ2v) is 4.34. The van der Waals surface area contributed by atoms with Crippen LogP contribution in [0.4, 0.5) is 5.82 Å². The van der Waals surface area contributed by atoms with E-state index in [9.17, 15) is 4.79 Å². The first-order chi connectivity index (χ1) is 8.02. The number of aromatic nitrogens is 2. The van der Waals surface area contributed by atoms with Gasteiger partial charge in [-0.05, 0) is 12.3 Å². The highest BCUT2D eigenvalue weighted by Crippen LogP contribution is 2.13. The molecule has 0 aliphatic heterocycles. The van der Waals surface area contributed by atoms with Crippen LogP contribution in [-0.4, -0.2) is 27.1 Å². The van der Waals surface area contributed by atoms with Crippen LogP contribution in [0.1, 0.15) is 32.9 Å². The van der Waals surface area contributed by atoms with Crippen LogP contribution >= 0.6 is 0 Å². The Kier molecular flexibility index (Phi) is 4.87. The standard InChI is InChI=1S/C12H19N3O2/c1-4-9-5-11(14-7-13-9)15-10(8(2)3)6-12(16)17/h5,7-8,10H,4,6H2,1-3H3,(H,16,17)(H,13,14,15). The van der Waals surface area contributed by atoms with Gasteiger partial charge in [0.15, 0.2) is 0 Å². The maximum atomic E-state index is 10.8. The second-order valence-electron chi connectivity index (χ2n) is 4.34. The molecule has 94 valence electrons. The molecule has 0 spiro atoms. The predicted molar refractivity (Wildman–Crippen MR) is 65.9 cm³/mol. The summed E-state index contributed by atoms with van der Waals surface area (Å²) in [6.45, 7) is 5.99. The van der Waals surface area contributed by atoms with Gasteiger partial charge in [0.2, 0.25) is 0 Å². The molecule has 1 atom stereocenters. The fourth-order valence-corrected chi connectivity index (χ4v) is 1.50. The molecule has 0 amide bonds. The van der Waals surface area contributed by atoms with Gasteiger partial charge >= 0.3 is 5.97 Å². The summed E-state index contributed by atoms with van der Waals surface area (Å²) in [5, 5.41) is 12.0. The molecule has 0 bridgehead atoms. The first-order valence-electron chi connectivity index (χ1n) is 5.82. The molecule has 2 N–H and O–H groups in total. The fraction of sp³-hybridized carbons (Fsp3) is 0.583. The van der Waals surface area contributed by atoms with Crippen molar-refractivity contribution in [3.05, 3.63) is 18.1 Å². The molecule has 1 heterocycles. The van der Waals surface area contributed by atoms with Gasteiger partial charge in [0, 0.05) is 17.8 Å². The van der Waals surface area contributed by atoms with Crippen LogP contribution in [-0.2, 0) is 11.2 Å². The van der Waals surface area contributed by atoms with E-state index in [2.05, 4.69) is 15.3 Å². The van der Waals surface area contributed by atoms with Gasteiger partial charge in [0.05, 0.1) is 6.42 Å². The van der Waals surface area contributed by atoms with Crippen LogP contribution < -0.4 is 5.32 Å². The molecule has 5 heteroatoms. The number of carbonyl (C=O) groups is 1. The molecule has 1 aromatic rings. The highest BCUT2D eigenvalue weighted by atomic mass is 16.4. The van der Waals surface area contributed by atoms with E-state index in [1.165, 1.54) is 6.33 Å². The van der Waals surface area contributed by atoms with Crippen molar-refractivity contribution in [2.24, 2.45) is 5.92 Å². The van der Waals surface area contributed by atoms with Crippen LogP contribution in [0.2, 0.25) is 0 Å². The Morgan fingerprint density at radius 1 is 1.47 bits per heavy atom. The van der Waals surface area contributed by atoms with Crippen LogP contribution in [0.3, 0.4) is 0 Å². The van der Waals surface area contributed by atoms with Gasteiger partial charge in [-0.2, -0.15) is 0 Å². The smallest absolute Gasteiger partial charge is 0.305 e. The maximum absolute atomic E-state index is 10.8. The third kappa shape index (κ3) is 4.38. The van der Waals surface area contributed by atoms with Crippen LogP contribution in [0.15, 0.2) is 12.4 Å². The lowest BCUT2D eigenvalue weighted by Crippen LogP contribution is -2.29. The molecular formula is C12H19N3O2. The minimum Gasteiger partial charge on any atom is -0.481 e. The summed E-state index contributed by atoms with van der Waals surface area (Å²) < 4.78 is 0. The van der Waals surface area contributed by atoms with E-state index < -0.39 is 5.97 Å². The predicted octanol–water partition coefficient (Wildman–Crippen LogP) is 1.95. The molecule has 17 heavy (non-hydrogen) atoms. The average Bonchev–Trinajstić information content (AvgIpc) is 2.27. The minimum atomic E-state index is -0.805. The van der Waals surface area contributed by atoms with Crippen LogP contribution in [0.25, 0.3) is 0 Å². The molecule has 0 saturated carbocycles. The molecule has 1 rings (SSSR count). The van der Waals surface area contributed by atoms with Crippen molar-refractivity contribution in [3.63, 3.8) is 0 Å². The zero-order valence-corrected chi connectivity index (χ0v) is 10.5. The number of aliphatic carboxylic acids is 1. The highest BCUT2D eigenvalue weighted by molar-refractivity contribution is 5.68. The molecule has 5 nitrogen and oxygen atoms in total. The SMILES string of the molecule is CCc1cc(NC(CC(=O)O)C(C)C)ncn1. The van der Waals surface area contributed by atoms with E-state index in [0.29, 0.717) is 5.82 Å². The number of rotatable bonds is 6. The number of nitrogens with one attached hydrogen (secondary N) is 1. The lowest BCUT2D eigenvalue weighted by molar-refractivity contribution is -0.137. The summed E-state index contributed by atoms with van der Waals surface area (Å²) in [4.78, 5) is 19.0. The molecule has 0 aliphatic rings. The summed E-state index contributed by atoms with van der Waals surface area (Å²) >= 11 is 0. The van der Waals surface area contributed by atoms with Crippen molar-refractivity contribution in [2.75, 3.05) is 5.32 Å². The molecule has 0 saturated heterocycles. The maximum Gasteiger partial charge on any atom is 0.305 e. The fourth-order valence-electron chi connectivity index (χ4n) is 1.50. The van der Waals surface area contributed by atoms with E-state index in [0.717, 1.165) is 12.1 Å². The number of hydrogen-bond acceptors (Lipinski definition) is 4. The first kappa shape index (κ1) is 13.4. The largest absolute Gasteiger partial charge is 0.481 e. The van der Waals surface area contributed by atoms with Gasteiger partial charge in [-0.25, -0.2) is 9.97 Å². The van der Waals surface area contributed by atoms with Gasteiger partial charge < -0.3 is 10.4 Å². The number of anilines is 1. The lowest BCUT2D eigenvalue weighted by atomic mass is 10.0. The molecule has 0 aliphatic carbocycles. The Morgan fingerprint density at radius 2 is 2.18 bits per heavy atom. The number of hydrogen-bond donors (Lipinski definition) is 2. The average molecular weight is 237 g/mol. The number of carboxylic acids is 1. The summed E-state index contributed by atoms with van der Waals surface area (Å²) in [6, 6.07) is 1.74.